The number of aryl methyl sites for hydroxylation is 1. The molecule has 2 aromatic rings. The van der Waals surface area contributed by atoms with Gasteiger partial charge in [-0.25, -0.2) is 9.97 Å². The molecule has 2 rings (SSSR count). The minimum Gasteiger partial charge on any atom is -0.330 e. The highest BCUT2D eigenvalue weighted by atomic mass is 14.8. The normalized spacial score (nSPS) is 10.7. The molecule has 0 atom stereocenters. The molecule has 0 radical (unpaired) electrons. The topological polar surface area (TPSA) is 51.8 Å². The molecule has 0 saturated heterocycles. The minimum absolute atomic E-state index is 0.625. The van der Waals surface area contributed by atoms with Crippen molar-refractivity contribution in [2.75, 3.05) is 6.54 Å². The Hall–Kier alpha value is -1.48. The second-order valence-electron chi connectivity index (χ2n) is 3.38. The van der Waals surface area contributed by atoms with Crippen LogP contribution in [0, 0.1) is 6.92 Å². The van der Waals surface area contributed by atoms with Crippen molar-refractivity contribution in [1.82, 2.24) is 9.97 Å². The van der Waals surface area contributed by atoms with E-state index in [9.17, 15) is 0 Å². The zero-order valence-corrected chi connectivity index (χ0v) is 8.20. The zero-order chi connectivity index (χ0) is 9.97. The first-order valence-corrected chi connectivity index (χ1v) is 4.71. The molecule has 0 aliphatic rings. The summed E-state index contributed by atoms with van der Waals surface area (Å²) in [6.07, 6.45) is 2.41. The quantitative estimate of drug-likeness (QED) is 0.774. The predicted molar refractivity (Wildman–Crippen MR) is 57.0 cm³/mol. The molecule has 0 fully saturated rings. The van der Waals surface area contributed by atoms with Crippen molar-refractivity contribution in [3.8, 4) is 0 Å². The van der Waals surface area contributed by atoms with Gasteiger partial charge in [0.1, 0.15) is 6.33 Å². The molecule has 3 nitrogen and oxygen atoms in total. The van der Waals surface area contributed by atoms with Gasteiger partial charge in [0.05, 0.1) is 11.2 Å². The Morgan fingerprint density at radius 2 is 2.14 bits per heavy atom. The summed E-state index contributed by atoms with van der Waals surface area (Å²) in [6, 6.07) is 6.21. The minimum atomic E-state index is 0.625. The van der Waals surface area contributed by atoms with Crippen molar-refractivity contribution in [3.05, 3.63) is 35.8 Å². The number of benzene rings is 1. The van der Waals surface area contributed by atoms with E-state index in [2.05, 4.69) is 35.1 Å². The number of nitrogens with zero attached hydrogens (tertiary/aromatic N) is 2. The summed E-state index contributed by atoms with van der Waals surface area (Å²) in [6.45, 7) is 2.68. The van der Waals surface area contributed by atoms with E-state index in [1.165, 1.54) is 5.56 Å². The first kappa shape index (κ1) is 9.09. The lowest BCUT2D eigenvalue weighted by Gasteiger charge is -2.03. The van der Waals surface area contributed by atoms with Crippen LogP contribution in [0.5, 0.6) is 0 Å². The summed E-state index contributed by atoms with van der Waals surface area (Å²) in [4.78, 5) is 8.47. The standard InChI is InChI=1S/C11H13N3/c1-8-2-3-9-10(4-5-12)13-7-14-11(9)6-8/h2-3,6-7H,4-5,12H2,1H3. The molecule has 2 N–H and O–H groups in total. The third-order valence-electron chi connectivity index (χ3n) is 2.26. The first-order valence-electron chi connectivity index (χ1n) is 4.71. The summed E-state index contributed by atoms with van der Waals surface area (Å²) >= 11 is 0. The van der Waals surface area contributed by atoms with E-state index in [0.717, 1.165) is 23.0 Å². The summed E-state index contributed by atoms with van der Waals surface area (Å²) in [5, 5.41) is 1.11. The van der Waals surface area contributed by atoms with E-state index in [0.29, 0.717) is 6.54 Å². The van der Waals surface area contributed by atoms with Gasteiger partial charge in [-0.2, -0.15) is 0 Å². The molecule has 72 valence electrons. The Balaban J connectivity index is 2.62. The van der Waals surface area contributed by atoms with Crippen LogP contribution in [-0.4, -0.2) is 16.5 Å². The van der Waals surface area contributed by atoms with Crippen LogP contribution in [0.25, 0.3) is 10.9 Å². The highest BCUT2D eigenvalue weighted by Crippen LogP contribution is 2.16. The van der Waals surface area contributed by atoms with Gasteiger partial charge in [0.25, 0.3) is 0 Å². The van der Waals surface area contributed by atoms with Crippen LogP contribution in [0.1, 0.15) is 11.3 Å². The van der Waals surface area contributed by atoms with Crippen molar-refractivity contribution in [2.45, 2.75) is 13.3 Å². The number of nitrogens with two attached hydrogens (primary N) is 1. The van der Waals surface area contributed by atoms with Crippen LogP contribution in [-0.2, 0) is 6.42 Å². The number of hydrogen-bond donors (Lipinski definition) is 1. The second kappa shape index (κ2) is 3.72. The molecule has 0 unspecified atom stereocenters. The van der Waals surface area contributed by atoms with Gasteiger partial charge in [-0.1, -0.05) is 12.1 Å². The van der Waals surface area contributed by atoms with Crippen molar-refractivity contribution < 1.29 is 0 Å². The summed E-state index contributed by atoms with van der Waals surface area (Å²) < 4.78 is 0. The Kier molecular flexibility index (Phi) is 2.41. The molecule has 0 aliphatic carbocycles. The Morgan fingerprint density at radius 1 is 1.29 bits per heavy atom. The molecule has 3 heteroatoms. The van der Waals surface area contributed by atoms with Gasteiger partial charge in [-0.05, 0) is 25.1 Å². The first-order chi connectivity index (χ1) is 6.81. The number of rotatable bonds is 2. The predicted octanol–water partition coefficient (Wildman–Crippen LogP) is 1.44. The number of hydrogen-bond acceptors (Lipinski definition) is 3. The fourth-order valence-corrected chi connectivity index (χ4v) is 1.56. The lowest BCUT2D eigenvalue weighted by Crippen LogP contribution is -2.05. The second-order valence-corrected chi connectivity index (χ2v) is 3.38. The lowest BCUT2D eigenvalue weighted by atomic mass is 10.1. The number of fused-ring (bicyclic) bond motifs is 1. The smallest absolute Gasteiger partial charge is 0.116 e. The summed E-state index contributed by atoms with van der Waals surface area (Å²) in [7, 11) is 0. The maximum atomic E-state index is 5.52. The van der Waals surface area contributed by atoms with Crippen LogP contribution in [0.2, 0.25) is 0 Å². The molecule has 1 aromatic carbocycles. The van der Waals surface area contributed by atoms with Crippen molar-refractivity contribution >= 4 is 10.9 Å². The molecular weight excluding hydrogens is 174 g/mol. The maximum Gasteiger partial charge on any atom is 0.116 e. The monoisotopic (exact) mass is 187 g/mol. The van der Waals surface area contributed by atoms with Crippen LogP contribution in [0.4, 0.5) is 0 Å². The third-order valence-corrected chi connectivity index (χ3v) is 2.26. The molecule has 0 aliphatic heterocycles. The molecule has 14 heavy (non-hydrogen) atoms. The van der Waals surface area contributed by atoms with Gasteiger partial charge in [-0.3, -0.25) is 0 Å². The van der Waals surface area contributed by atoms with Crippen molar-refractivity contribution in [2.24, 2.45) is 5.73 Å². The SMILES string of the molecule is Cc1ccc2c(CCN)ncnc2c1. The number of aromatic nitrogens is 2. The Bertz CT molecular complexity index is 451. The summed E-state index contributed by atoms with van der Waals surface area (Å²) in [5.41, 5.74) is 8.78. The molecule has 0 amide bonds. The molecule has 0 bridgehead atoms. The highest BCUT2D eigenvalue weighted by molar-refractivity contribution is 5.81. The average Bonchev–Trinajstić information content (AvgIpc) is 2.18. The largest absolute Gasteiger partial charge is 0.330 e. The third kappa shape index (κ3) is 1.59. The van der Waals surface area contributed by atoms with E-state index in [4.69, 9.17) is 5.73 Å². The van der Waals surface area contributed by atoms with Gasteiger partial charge >= 0.3 is 0 Å². The molecule has 0 spiro atoms. The van der Waals surface area contributed by atoms with Gasteiger partial charge in [-0.15, -0.1) is 0 Å². The molecular formula is C11H13N3. The lowest BCUT2D eigenvalue weighted by molar-refractivity contribution is 0.926. The molecule has 1 heterocycles. The van der Waals surface area contributed by atoms with Crippen molar-refractivity contribution in [3.63, 3.8) is 0 Å². The molecule has 1 aromatic heterocycles. The van der Waals surface area contributed by atoms with Crippen LogP contribution in [0.15, 0.2) is 24.5 Å². The van der Waals surface area contributed by atoms with Crippen LogP contribution < -0.4 is 5.73 Å². The van der Waals surface area contributed by atoms with Gasteiger partial charge in [0.2, 0.25) is 0 Å². The van der Waals surface area contributed by atoms with E-state index in [-0.39, 0.29) is 0 Å². The fraction of sp³-hybridized carbons (Fsp3) is 0.273. The van der Waals surface area contributed by atoms with Crippen LogP contribution >= 0.6 is 0 Å². The van der Waals surface area contributed by atoms with E-state index in [1.807, 2.05) is 0 Å². The highest BCUT2D eigenvalue weighted by Gasteiger charge is 2.01. The summed E-state index contributed by atoms with van der Waals surface area (Å²) in [5.74, 6) is 0. The van der Waals surface area contributed by atoms with Crippen LogP contribution in [0.3, 0.4) is 0 Å². The maximum absolute atomic E-state index is 5.52. The Labute approximate surface area is 83.0 Å². The molecule has 0 saturated carbocycles. The van der Waals surface area contributed by atoms with Gasteiger partial charge in [0, 0.05) is 11.8 Å². The van der Waals surface area contributed by atoms with E-state index < -0.39 is 0 Å². The van der Waals surface area contributed by atoms with Gasteiger partial charge < -0.3 is 5.73 Å². The van der Waals surface area contributed by atoms with E-state index >= 15 is 0 Å². The van der Waals surface area contributed by atoms with Gasteiger partial charge in [0.15, 0.2) is 0 Å². The average molecular weight is 187 g/mol. The zero-order valence-electron chi connectivity index (χ0n) is 8.20. The fourth-order valence-electron chi connectivity index (χ4n) is 1.56. The van der Waals surface area contributed by atoms with Crippen molar-refractivity contribution in [1.29, 1.82) is 0 Å². The van der Waals surface area contributed by atoms with E-state index in [1.54, 1.807) is 6.33 Å². The Morgan fingerprint density at radius 3 is 2.93 bits per heavy atom.